The molecule has 2 atom stereocenters. The normalized spacial score (nSPS) is 13.7. The maximum atomic E-state index is 11.7. The summed E-state index contributed by atoms with van der Waals surface area (Å²) in [6.45, 7) is 6.41. The van der Waals surface area contributed by atoms with Crippen LogP contribution in [0.4, 0.5) is 10.5 Å². The van der Waals surface area contributed by atoms with Crippen molar-refractivity contribution in [3.63, 3.8) is 0 Å². The Morgan fingerprint density at radius 2 is 1.89 bits per heavy atom. The number of urea groups is 1. The van der Waals surface area contributed by atoms with E-state index < -0.39 is 0 Å². The van der Waals surface area contributed by atoms with Crippen LogP contribution in [0.15, 0.2) is 24.3 Å². The molecule has 2 unspecified atom stereocenters. The number of hydrogen-bond acceptors (Lipinski definition) is 2. The van der Waals surface area contributed by atoms with E-state index in [1.54, 1.807) is 6.92 Å². The van der Waals surface area contributed by atoms with Gasteiger partial charge in [0.25, 0.3) is 0 Å². The van der Waals surface area contributed by atoms with E-state index in [0.29, 0.717) is 13.0 Å². The van der Waals surface area contributed by atoms with Gasteiger partial charge in [-0.25, -0.2) is 4.79 Å². The van der Waals surface area contributed by atoms with Crippen molar-refractivity contribution < 1.29 is 9.90 Å². The number of aryl methyl sites for hydroxylation is 1. The SMILES string of the molecule is CCc1ccc(NC(=O)NCC(C)CC(C)O)cc1. The molecule has 0 aromatic heterocycles. The molecule has 0 spiro atoms. The van der Waals surface area contributed by atoms with E-state index in [1.165, 1.54) is 5.56 Å². The van der Waals surface area contributed by atoms with Crippen molar-refractivity contribution in [1.82, 2.24) is 5.32 Å². The number of aliphatic hydroxyl groups excluding tert-OH is 1. The molecule has 106 valence electrons. The van der Waals surface area contributed by atoms with Crippen LogP contribution in [-0.2, 0) is 6.42 Å². The second-order valence-electron chi connectivity index (χ2n) is 5.08. The molecular formula is C15H24N2O2. The van der Waals surface area contributed by atoms with Crippen molar-refractivity contribution in [3.05, 3.63) is 29.8 Å². The van der Waals surface area contributed by atoms with Gasteiger partial charge in [-0.2, -0.15) is 0 Å². The largest absolute Gasteiger partial charge is 0.393 e. The van der Waals surface area contributed by atoms with E-state index in [9.17, 15) is 9.90 Å². The molecule has 2 amide bonds. The van der Waals surface area contributed by atoms with Gasteiger partial charge in [0.15, 0.2) is 0 Å². The summed E-state index contributed by atoms with van der Waals surface area (Å²) in [5, 5.41) is 14.8. The fourth-order valence-electron chi connectivity index (χ4n) is 1.93. The van der Waals surface area contributed by atoms with Crippen LogP contribution in [0.2, 0.25) is 0 Å². The highest BCUT2D eigenvalue weighted by Crippen LogP contribution is 2.10. The highest BCUT2D eigenvalue weighted by molar-refractivity contribution is 5.89. The Bertz CT molecular complexity index is 388. The first kappa shape index (κ1) is 15.5. The molecule has 0 heterocycles. The standard InChI is InChI=1S/C15H24N2O2/c1-4-13-5-7-14(8-6-13)17-15(19)16-10-11(2)9-12(3)18/h5-8,11-12,18H,4,9-10H2,1-3H3,(H2,16,17,19). The number of carbonyl (C=O) groups excluding carboxylic acids is 1. The first-order valence-electron chi connectivity index (χ1n) is 6.83. The van der Waals surface area contributed by atoms with Gasteiger partial charge in [0, 0.05) is 12.2 Å². The Morgan fingerprint density at radius 3 is 2.42 bits per heavy atom. The van der Waals surface area contributed by atoms with E-state index in [-0.39, 0.29) is 18.1 Å². The van der Waals surface area contributed by atoms with Crippen molar-refractivity contribution in [1.29, 1.82) is 0 Å². The van der Waals surface area contributed by atoms with Crippen LogP contribution in [0.5, 0.6) is 0 Å². The quantitative estimate of drug-likeness (QED) is 0.740. The molecule has 0 aliphatic rings. The average Bonchev–Trinajstić information content (AvgIpc) is 2.36. The van der Waals surface area contributed by atoms with Gasteiger partial charge in [-0.3, -0.25) is 0 Å². The highest BCUT2D eigenvalue weighted by atomic mass is 16.3. The molecule has 1 aromatic rings. The average molecular weight is 264 g/mol. The Hall–Kier alpha value is -1.55. The van der Waals surface area contributed by atoms with Gasteiger partial charge < -0.3 is 15.7 Å². The van der Waals surface area contributed by atoms with Gasteiger partial charge in [-0.05, 0) is 43.4 Å². The fraction of sp³-hybridized carbons (Fsp3) is 0.533. The molecule has 0 saturated heterocycles. The van der Waals surface area contributed by atoms with Gasteiger partial charge in [-0.1, -0.05) is 26.0 Å². The third-order valence-corrected chi connectivity index (χ3v) is 2.97. The van der Waals surface area contributed by atoms with E-state index in [2.05, 4.69) is 17.6 Å². The molecule has 0 bridgehead atoms. The molecule has 4 nitrogen and oxygen atoms in total. The predicted molar refractivity (Wildman–Crippen MR) is 78.3 cm³/mol. The monoisotopic (exact) mass is 264 g/mol. The molecular weight excluding hydrogens is 240 g/mol. The third-order valence-electron chi connectivity index (χ3n) is 2.97. The summed E-state index contributed by atoms with van der Waals surface area (Å²) < 4.78 is 0. The van der Waals surface area contributed by atoms with Crippen LogP contribution in [0.3, 0.4) is 0 Å². The van der Waals surface area contributed by atoms with Crippen molar-refractivity contribution in [2.24, 2.45) is 5.92 Å². The van der Waals surface area contributed by atoms with Gasteiger partial charge in [0.2, 0.25) is 0 Å². The number of anilines is 1. The Morgan fingerprint density at radius 1 is 1.26 bits per heavy atom. The van der Waals surface area contributed by atoms with Gasteiger partial charge in [-0.15, -0.1) is 0 Å². The molecule has 1 aromatic carbocycles. The zero-order valence-electron chi connectivity index (χ0n) is 11.9. The van der Waals surface area contributed by atoms with Crippen molar-refractivity contribution in [2.75, 3.05) is 11.9 Å². The molecule has 3 N–H and O–H groups in total. The molecule has 1 rings (SSSR count). The number of aliphatic hydroxyl groups is 1. The molecule has 4 heteroatoms. The summed E-state index contributed by atoms with van der Waals surface area (Å²) in [5.41, 5.74) is 2.04. The van der Waals surface area contributed by atoms with Crippen LogP contribution in [0, 0.1) is 5.92 Å². The van der Waals surface area contributed by atoms with Crippen molar-refractivity contribution in [2.45, 2.75) is 39.7 Å². The summed E-state index contributed by atoms with van der Waals surface area (Å²) in [7, 11) is 0. The second-order valence-corrected chi connectivity index (χ2v) is 5.08. The summed E-state index contributed by atoms with van der Waals surface area (Å²) in [6.07, 6.45) is 1.34. The number of hydrogen-bond donors (Lipinski definition) is 3. The van der Waals surface area contributed by atoms with E-state index in [0.717, 1.165) is 12.1 Å². The molecule has 0 radical (unpaired) electrons. The number of rotatable bonds is 6. The number of benzene rings is 1. The predicted octanol–water partition coefficient (Wildman–Crippen LogP) is 2.78. The maximum Gasteiger partial charge on any atom is 0.319 e. The molecule has 0 saturated carbocycles. The number of carbonyl (C=O) groups is 1. The summed E-state index contributed by atoms with van der Waals surface area (Å²) in [5.74, 6) is 0.258. The van der Waals surface area contributed by atoms with Crippen LogP contribution in [0.25, 0.3) is 0 Å². The second kappa shape index (κ2) is 7.79. The van der Waals surface area contributed by atoms with E-state index >= 15 is 0 Å². The van der Waals surface area contributed by atoms with Crippen molar-refractivity contribution in [3.8, 4) is 0 Å². The lowest BCUT2D eigenvalue weighted by molar-refractivity contribution is 0.163. The number of amides is 2. The van der Waals surface area contributed by atoms with Crippen LogP contribution in [0.1, 0.15) is 32.8 Å². The minimum Gasteiger partial charge on any atom is -0.393 e. The minimum absolute atomic E-state index is 0.207. The van der Waals surface area contributed by atoms with E-state index in [1.807, 2.05) is 31.2 Å². The van der Waals surface area contributed by atoms with Crippen LogP contribution < -0.4 is 10.6 Å². The zero-order chi connectivity index (χ0) is 14.3. The van der Waals surface area contributed by atoms with Gasteiger partial charge in [0.1, 0.15) is 0 Å². The maximum absolute atomic E-state index is 11.7. The first-order valence-corrected chi connectivity index (χ1v) is 6.83. The minimum atomic E-state index is -0.332. The lowest BCUT2D eigenvalue weighted by Crippen LogP contribution is -2.33. The molecule has 0 aliphatic carbocycles. The summed E-state index contributed by atoms with van der Waals surface area (Å²) in [4.78, 5) is 11.7. The number of nitrogens with one attached hydrogen (secondary N) is 2. The summed E-state index contributed by atoms with van der Waals surface area (Å²) in [6, 6.07) is 7.61. The molecule has 0 aliphatic heterocycles. The third kappa shape index (κ3) is 6.25. The Balaban J connectivity index is 2.34. The highest BCUT2D eigenvalue weighted by Gasteiger charge is 2.08. The van der Waals surface area contributed by atoms with Gasteiger partial charge >= 0.3 is 6.03 Å². The Kier molecular flexibility index (Phi) is 6.36. The van der Waals surface area contributed by atoms with E-state index in [4.69, 9.17) is 0 Å². The lowest BCUT2D eigenvalue weighted by atomic mass is 10.1. The zero-order valence-corrected chi connectivity index (χ0v) is 11.9. The van der Waals surface area contributed by atoms with Crippen LogP contribution in [-0.4, -0.2) is 23.8 Å². The first-order chi connectivity index (χ1) is 9.01. The molecule has 19 heavy (non-hydrogen) atoms. The van der Waals surface area contributed by atoms with Gasteiger partial charge in [0.05, 0.1) is 6.10 Å². The smallest absolute Gasteiger partial charge is 0.319 e. The summed E-state index contributed by atoms with van der Waals surface area (Å²) >= 11 is 0. The van der Waals surface area contributed by atoms with Crippen LogP contribution >= 0.6 is 0 Å². The Labute approximate surface area is 115 Å². The van der Waals surface area contributed by atoms with Crippen molar-refractivity contribution >= 4 is 11.7 Å². The fourth-order valence-corrected chi connectivity index (χ4v) is 1.93. The topological polar surface area (TPSA) is 61.4 Å². The molecule has 0 fully saturated rings. The lowest BCUT2D eigenvalue weighted by Gasteiger charge is -2.14.